The van der Waals surface area contributed by atoms with Gasteiger partial charge in [-0.3, -0.25) is 10.1 Å². The molecule has 11 heteroatoms. The summed E-state index contributed by atoms with van der Waals surface area (Å²) >= 11 is 0. The van der Waals surface area contributed by atoms with Gasteiger partial charge in [-0.1, -0.05) is 0 Å². The molecule has 29 heavy (non-hydrogen) atoms. The number of amides is 1. The van der Waals surface area contributed by atoms with Crippen LogP contribution in [0, 0.1) is 0 Å². The minimum absolute atomic E-state index is 0.0343. The van der Waals surface area contributed by atoms with E-state index in [1.165, 1.54) is 0 Å². The molecule has 3 rings (SSSR count). The third-order valence-electron chi connectivity index (χ3n) is 5.35. The summed E-state index contributed by atoms with van der Waals surface area (Å²) in [5.74, 6) is -0.0343. The summed E-state index contributed by atoms with van der Waals surface area (Å²) in [5.41, 5.74) is 11.5. The molecule has 0 saturated carbocycles. The van der Waals surface area contributed by atoms with Gasteiger partial charge in [0.15, 0.2) is 0 Å². The lowest BCUT2D eigenvalue weighted by atomic mass is 9.98. The molecule has 1 amide bonds. The summed E-state index contributed by atoms with van der Waals surface area (Å²) in [4.78, 5) is 12.1. The minimum Gasteiger partial charge on any atom is -0.354 e. The van der Waals surface area contributed by atoms with E-state index in [1.54, 1.807) is 0 Å². The summed E-state index contributed by atoms with van der Waals surface area (Å²) in [6, 6.07) is 0. The normalized spacial score (nSPS) is 31.0. The van der Waals surface area contributed by atoms with Crippen molar-refractivity contribution in [2.24, 2.45) is 11.5 Å². The van der Waals surface area contributed by atoms with Crippen LogP contribution in [0.25, 0.3) is 0 Å². The van der Waals surface area contributed by atoms with Gasteiger partial charge in [0, 0.05) is 91.6 Å². The molecule has 3 aliphatic rings. The maximum absolute atomic E-state index is 12.1. The van der Waals surface area contributed by atoms with Gasteiger partial charge >= 0.3 is 0 Å². The van der Waals surface area contributed by atoms with Crippen LogP contribution in [0.2, 0.25) is 0 Å². The Bertz CT molecular complexity index is 420. The molecular weight excluding hydrogens is 372 g/mol. The highest BCUT2D eigenvalue weighted by atomic mass is 16.1. The van der Waals surface area contributed by atoms with E-state index in [4.69, 9.17) is 11.5 Å². The average molecular weight is 415 g/mol. The predicted octanol–water partition coefficient (Wildman–Crippen LogP) is -5.35. The Morgan fingerprint density at radius 3 is 1.59 bits per heavy atom. The van der Waals surface area contributed by atoms with Crippen molar-refractivity contribution in [3.63, 3.8) is 0 Å². The molecule has 170 valence electrons. The average Bonchev–Trinajstić information content (AvgIpc) is 2.71. The number of hydrogen-bond donors (Lipinski definition) is 10. The number of carbonyl (C=O) groups excluding carboxylic acids is 1. The number of rotatable bonds is 5. The first-order valence-electron chi connectivity index (χ1n) is 10.8. The summed E-state index contributed by atoms with van der Waals surface area (Å²) < 4.78 is 0. The molecular formula is C18H42N10O. The number of hydrogen-bond acceptors (Lipinski definition) is 10. The molecule has 11 nitrogen and oxygen atoms in total. The van der Waals surface area contributed by atoms with E-state index in [1.807, 2.05) is 0 Å². The fourth-order valence-corrected chi connectivity index (χ4v) is 3.63. The first-order chi connectivity index (χ1) is 14.1. The number of fused-ring (bicyclic) bond motifs is 15. The lowest BCUT2D eigenvalue weighted by molar-refractivity contribution is -0.120. The van der Waals surface area contributed by atoms with Crippen molar-refractivity contribution in [1.29, 1.82) is 0 Å². The molecule has 0 aromatic rings. The molecule has 0 unspecified atom stereocenters. The van der Waals surface area contributed by atoms with Crippen LogP contribution < -0.4 is 54.0 Å². The van der Waals surface area contributed by atoms with E-state index in [0.29, 0.717) is 13.1 Å². The van der Waals surface area contributed by atoms with Crippen molar-refractivity contribution in [3.05, 3.63) is 0 Å². The van der Waals surface area contributed by atoms with Gasteiger partial charge in [-0.2, -0.15) is 0 Å². The molecule has 3 heterocycles. The molecule has 0 aromatic heterocycles. The number of nitrogens with two attached hydrogens (primary N) is 2. The Morgan fingerprint density at radius 1 is 0.759 bits per heavy atom. The first kappa shape index (κ1) is 24.4. The summed E-state index contributed by atoms with van der Waals surface area (Å²) in [6.07, 6.45) is 0. The monoisotopic (exact) mass is 414 g/mol. The van der Waals surface area contributed by atoms with E-state index in [9.17, 15) is 4.79 Å². The van der Waals surface area contributed by atoms with E-state index in [0.717, 1.165) is 78.5 Å². The SMILES string of the molecule is NCCNC(=O)CNC12CNCCNCC(N)(CNCCNC1)CNCCNC2. The van der Waals surface area contributed by atoms with Gasteiger partial charge in [-0.25, -0.2) is 0 Å². The van der Waals surface area contributed by atoms with Crippen molar-refractivity contribution in [1.82, 2.24) is 42.5 Å². The third kappa shape index (κ3) is 9.64. The van der Waals surface area contributed by atoms with E-state index >= 15 is 0 Å². The predicted molar refractivity (Wildman–Crippen MR) is 117 cm³/mol. The Balaban J connectivity index is 2.05. The van der Waals surface area contributed by atoms with Crippen LogP contribution in [0.1, 0.15) is 0 Å². The zero-order chi connectivity index (χ0) is 20.8. The van der Waals surface area contributed by atoms with Crippen LogP contribution in [0.5, 0.6) is 0 Å². The van der Waals surface area contributed by atoms with Crippen molar-refractivity contribution in [3.8, 4) is 0 Å². The topological polar surface area (TPSA) is 165 Å². The standard InChI is InChI=1S/C18H42N10O/c19-1-2-27-16(29)9-28-18-13-24-6-3-21-10-17(20,11-22-4-7-25-14-18)12-23-5-8-26-15-18/h21-26,28H,1-15,19-20H2,(H,27,29). The van der Waals surface area contributed by atoms with Gasteiger partial charge in [0.1, 0.15) is 0 Å². The Labute approximate surface area is 174 Å². The first-order valence-corrected chi connectivity index (χ1v) is 10.8. The molecule has 3 aliphatic heterocycles. The van der Waals surface area contributed by atoms with Crippen LogP contribution in [0.3, 0.4) is 0 Å². The highest BCUT2D eigenvalue weighted by molar-refractivity contribution is 5.78. The summed E-state index contributed by atoms with van der Waals surface area (Å²) in [6.45, 7) is 10.7. The number of carbonyl (C=O) groups is 1. The van der Waals surface area contributed by atoms with Crippen LogP contribution in [0.15, 0.2) is 0 Å². The molecule has 0 aliphatic carbocycles. The van der Waals surface area contributed by atoms with Gasteiger partial charge in [-0.05, 0) is 0 Å². The van der Waals surface area contributed by atoms with Gasteiger partial charge in [-0.15, -0.1) is 0 Å². The molecule has 0 radical (unpaired) electrons. The summed E-state index contributed by atoms with van der Waals surface area (Å²) in [7, 11) is 0. The molecule has 3 saturated heterocycles. The van der Waals surface area contributed by atoms with Crippen molar-refractivity contribution in [2.75, 3.05) is 98.2 Å². The van der Waals surface area contributed by atoms with Crippen LogP contribution in [-0.4, -0.2) is 115 Å². The number of nitrogens with one attached hydrogen (secondary N) is 8. The molecule has 3 fully saturated rings. The van der Waals surface area contributed by atoms with E-state index < -0.39 is 0 Å². The van der Waals surface area contributed by atoms with Gasteiger partial charge in [0.2, 0.25) is 5.91 Å². The minimum atomic E-state index is -0.323. The molecule has 0 spiro atoms. The highest BCUT2D eigenvalue weighted by Gasteiger charge is 2.30. The van der Waals surface area contributed by atoms with Crippen LogP contribution in [0.4, 0.5) is 0 Å². The van der Waals surface area contributed by atoms with Gasteiger partial charge < -0.3 is 48.7 Å². The third-order valence-corrected chi connectivity index (χ3v) is 5.35. The molecule has 12 N–H and O–H groups in total. The Kier molecular flexibility index (Phi) is 11.3. The van der Waals surface area contributed by atoms with Crippen LogP contribution >= 0.6 is 0 Å². The Morgan fingerprint density at radius 2 is 1.17 bits per heavy atom. The fraction of sp³-hybridized carbons (Fsp3) is 0.944. The van der Waals surface area contributed by atoms with Gasteiger partial charge in [0.25, 0.3) is 0 Å². The van der Waals surface area contributed by atoms with Gasteiger partial charge in [0.05, 0.1) is 17.6 Å². The van der Waals surface area contributed by atoms with Crippen molar-refractivity contribution in [2.45, 2.75) is 11.1 Å². The Hall–Kier alpha value is -0.890. The second-order valence-electron chi connectivity index (χ2n) is 8.20. The van der Waals surface area contributed by atoms with Crippen molar-refractivity contribution < 1.29 is 4.79 Å². The fourth-order valence-electron chi connectivity index (χ4n) is 3.63. The second kappa shape index (κ2) is 13.4. The quantitative estimate of drug-likeness (QED) is 0.210. The van der Waals surface area contributed by atoms with Crippen molar-refractivity contribution >= 4 is 5.91 Å². The van der Waals surface area contributed by atoms with E-state index in [2.05, 4.69) is 42.5 Å². The molecule has 0 aromatic carbocycles. The molecule has 2 bridgehead atoms. The molecule has 0 atom stereocenters. The highest BCUT2D eigenvalue weighted by Crippen LogP contribution is 2.03. The van der Waals surface area contributed by atoms with E-state index in [-0.39, 0.29) is 23.5 Å². The zero-order valence-electron chi connectivity index (χ0n) is 17.7. The zero-order valence-corrected chi connectivity index (χ0v) is 17.7. The smallest absolute Gasteiger partial charge is 0.234 e. The lowest BCUT2D eigenvalue weighted by Crippen LogP contribution is -2.67. The lowest BCUT2D eigenvalue weighted by Gasteiger charge is -2.37. The second-order valence-corrected chi connectivity index (χ2v) is 8.20. The summed E-state index contributed by atoms with van der Waals surface area (Å²) in [5, 5.41) is 27.4. The van der Waals surface area contributed by atoms with Crippen LogP contribution in [-0.2, 0) is 4.79 Å². The largest absolute Gasteiger partial charge is 0.354 e. The maximum Gasteiger partial charge on any atom is 0.234 e. The maximum atomic E-state index is 12.1.